The van der Waals surface area contributed by atoms with Crippen molar-refractivity contribution in [1.82, 2.24) is 15.3 Å². The van der Waals surface area contributed by atoms with Gasteiger partial charge in [0.2, 0.25) is 0 Å². The van der Waals surface area contributed by atoms with Gasteiger partial charge in [0.15, 0.2) is 14.6 Å². The molecule has 0 spiro atoms. The topological polar surface area (TPSA) is 89.9 Å². The second kappa shape index (κ2) is 10.4. The number of hydrogen-bond acceptors (Lipinski definition) is 6. The number of carbonyl (C=O) groups excluding carboxylic acids is 1. The molecule has 2 N–H and O–H groups in total. The van der Waals surface area contributed by atoms with Crippen LogP contribution in [0.3, 0.4) is 0 Å². The SMILES string of the molecule is CN(C)CC#Cc1ccc(C2=CCN(CCC(C)(C(=O)NO)S(C)(=O)=O)CC2)c(F)c1. The normalized spacial score (nSPS) is 16.8. The second-order valence-electron chi connectivity index (χ2n) is 8.21. The summed E-state index contributed by atoms with van der Waals surface area (Å²) in [7, 11) is 0.105. The predicted molar refractivity (Wildman–Crippen MR) is 119 cm³/mol. The summed E-state index contributed by atoms with van der Waals surface area (Å²) in [6.45, 7) is 3.37. The molecule has 0 saturated carbocycles. The lowest BCUT2D eigenvalue weighted by molar-refractivity contribution is -0.131. The molecule has 0 fully saturated rings. The van der Waals surface area contributed by atoms with E-state index in [4.69, 9.17) is 5.21 Å². The van der Waals surface area contributed by atoms with Crippen LogP contribution in [-0.2, 0) is 14.6 Å². The van der Waals surface area contributed by atoms with Gasteiger partial charge in [-0.2, -0.15) is 0 Å². The van der Waals surface area contributed by atoms with E-state index in [2.05, 4.69) is 11.8 Å². The Morgan fingerprint density at radius 2 is 2.10 bits per heavy atom. The number of hydroxylamine groups is 1. The van der Waals surface area contributed by atoms with E-state index in [1.54, 1.807) is 12.1 Å². The fourth-order valence-corrected chi connectivity index (χ4v) is 4.11. The highest BCUT2D eigenvalue weighted by Gasteiger charge is 2.43. The first-order valence-electron chi connectivity index (χ1n) is 9.97. The van der Waals surface area contributed by atoms with Crippen LogP contribution in [-0.4, -0.2) is 80.6 Å². The Bertz CT molecular complexity index is 1010. The average molecular weight is 452 g/mol. The highest BCUT2D eigenvalue weighted by atomic mass is 32.2. The Kier molecular flexibility index (Phi) is 8.37. The summed E-state index contributed by atoms with van der Waals surface area (Å²) >= 11 is 0. The third kappa shape index (κ3) is 6.37. The van der Waals surface area contributed by atoms with Gasteiger partial charge in [-0.3, -0.25) is 19.8 Å². The van der Waals surface area contributed by atoms with Crippen LogP contribution < -0.4 is 5.48 Å². The summed E-state index contributed by atoms with van der Waals surface area (Å²) in [5.74, 6) is 4.67. The van der Waals surface area contributed by atoms with E-state index in [1.165, 1.54) is 18.5 Å². The monoisotopic (exact) mass is 451 g/mol. The first kappa shape index (κ1) is 25.0. The molecule has 1 amide bonds. The molecule has 0 saturated heterocycles. The van der Waals surface area contributed by atoms with Crippen LogP contribution >= 0.6 is 0 Å². The lowest BCUT2D eigenvalue weighted by Crippen LogP contribution is -2.51. The fraction of sp³-hybridized carbons (Fsp3) is 0.500. The maximum atomic E-state index is 14.6. The zero-order chi connectivity index (χ0) is 23.2. The van der Waals surface area contributed by atoms with Crippen molar-refractivity contribution in [2.45, 2.75) is 24.5 Å². The minimum atomic E-state index is -3.73. The number of carbonyl (C=O) groups is 1. The minimum Gasteiger partial charge on any atom is -0.299 e. The quantitative estimate of drug-likeness (QED) is 0.371. The van der Waals surface area contributed by atoms with Crippen LogP contribution in [0.25, 0.3) is 5.57 Å². The molecule has 0 aromatic heterocycles. The third-order valence-corrected chi connectivity index (χ3v) is 7.57. The number of amides is 1. The van der Waals surface area contributed by atoms with E-state index in [-0.39, 0.29) is 12.2 Å². The van der Waals surface area contributed by atoms with Gasteiger partial charge in [0.1, 0.15) is 5.82 Å². The molecule has 31 heavy (non-hydrogen) atoms. The molecule has 1 aromatic rings. The molecule has 0 radical (unpaired) electrons. The van der Waals surface area contributed by atoms with Gasteiger partial charge in [-0.1, -0.05) is 24.0 Å². The third-order valence-electron chi connectivity index (χ3n) is 5.54. The maximum Gasteiger partial charge on any atom is 0.264 e. The summed E-state index contributed by atoms with van der Waals surface area (Å²) in [5, 5.41) is 8.92. The van der Waals surface area contributed by atoms with Gasteiger partial charge < -0.3 is 0 Å². The first-order chi connectivity index (χ1) is 14.5. The van der Waals surface area contributed by atoms with E-state index >= 15 is 0 Å². The van der Waals surface area contributed by atoms with Crippen molar-refractivity contribution in [3.63, 3.8) is 0 Å². The molecule has 1 aromatic carbocycles. The van der Waals surface area contributed by atoms with Crippen molar-refractivity contribution in [3.8, 4) is 11.8 Å². The summed E-state index contributed by atoms with van der Waals surface area (Å²) in [6.07, 6.45) is 3.54. The summed E-state index contributed by atoms with van der Waals surface area (Å²) < 4.78 is 37.0. The number of rotatable bonds is 7. The zero-order valence-corrected chi connectivity index (χ0v) is 19.2. The number of nitrogens with one attached hydrogen (secondary N) is 1. The van der Waals surface area contributed by atoms with Gasteiger partial charge >= 0.3 is 0 Å². The molecule has 1 atom stereocenters. The van der Waals surface area contributed by atoms with Crippen LogP contribution in [0.4, 0.5) is 4.39 Å². The van der Waals surface area contributed by atoms with Crippen LogP contribution in [0.1, 0.15) is 30.9 Å². The molecule has 9 heteroatoms. The standard InChI is InChI=1S/C22H30FN3O4S/c1-22(21(27)24-28,31(4,29)30)11-15-26-13-9-18(10-14-26)19-8-7-17(16-20(19)23)6-5-12-25(2)3/h7-9,16,28H,10-15H2,1-4H3,(H,24,27). The molecule has 7 nitrogen and oxygen atoms in total. The number of benzene rings is 1. The molecule has 2 rings (SSSR count). The Morgan fingerprint density at radius 3 is 2.61 bits per heavy atom. The van der Waals surface area contributed by atoms with Gasteiger partial charge in [-0.25, -0.2) is 18.3 Å². The number of hydrogen-bond donors (Lipinski definition) is 2. The smallest absolute Gasteiger partial charge is 0.264 e. The van der Waals surface area contributed by atoms with Gasteiger partial charge in [0.25, 0.3) is 5.91 Å². The Hall–Kier alpha value is -2.25. The molecule has 1 aliphatic heterocycles. The zero-order valence-electron chi connectivity index (χ0n) is 18.4. The Morgan fingerprint density at radius 1 is 1.39 bits per heavy atom. The largest absolute Gasteiger partial charge is 0.299 e. The molecular weight excluding hydrogens is 421 g/mol. The lowest BCUT2D eigenvalue weighted by atomic mass is 9.97. The average Bonchev–Trinajstić information content (AvgIpc) is 2.71. The van der Waals surface area contributed by atoms with Crippen molar-refractivity contribution >= 4 is 21.3 Å². The van der Waals surface area contributed by atoms with Gasteiger partial charge in [0, 0.05) is 37.0 Å². The highest BCUT2D eigenvalue weighted by molar-refractivity contribution is 7.92. The van der Waals surface area contributed by atoms with Crippen LogP contribution in [0, 0.1) is 17.7 Å². The molecule has 0 aliphatic carbocycles. The lowest BCUT2D eigenvalue weighted by Gasteiger charge is -2.31. The number of sulfone groups is 1. The Balaban J connectivity index is 2.05. The first-order valence-corrected chi connectivity index (χ1v) is 11.9. The predicted octanol–water partition coefficient (Wildman–Crippen LogP) is 1.53. The van der Waals surface area contributed by atoms with E-state index in [0.29, 0.717) is 43.7 Å². The molecule has 1 unspecified atom stereocenters. The van der Waals surface area contributed by atoms with Crippen LogP contribution in [0.15, 0.2) is 24.3 Å². The molecule has 1 aliphatic rings. The van der Waals surface area contributed by atoms with Gasteiger partial charge in [0.05, 0.1) is 6.54 Å². The molecule has 0 bridgehead atoms. The van der Waals surface area contributed by atoms with Crippen molar-refractivity contribution in [3.05, 3.63) is 41.2 Å². The van der Waals surface area contributed by atoms with Crippen molar-refractivity contribution in [1.29, 1.82) is 0 Å². The molecule has 1 heterocycles. The summed E-state index contributed by atoms with van der Waals surface area (Å²) in [5.41, 5.74) is 3.51. The van der Waals surface area contributed by atoms with Crippen LogP contribution in [0.5, 0.6) is 0 Å². The van der Waals surface area contributed by atoms with Crippen molar-refractivity contribution in [2.24, 2.45) is 0 Å². The van der Waals surface area contributed by atoms with Crippen molar-refractivity contribution in [2.75, 3.05) is 46.5 Å². The fourth-order valence-electron chi connectivity index (χ4n) is 3.27. The second-order valence-corrected chi connectivity index (χ2v) is 10.7. The number of halogens is 1. The molecule has 170 valence electrons. The van der Waals surface area contributed by atoms with E-state index < -0.39 is 20.5 Å². The minimum absolute atomic E-state index is 0.0378. The summed E-state index contributed by atoms with van der Waals surface area (Å²) in [6, 6.07) is 4.98. The number of nitrogens with zero attached hydrogens (tertiary/aromatic N) is 2. The van der Waals surface area contributed by atoms with Crippen LogP contribution in [0.2, 0.25) is 0 Å². The highest BCUT2D eigenvalue weighted by Crippen LogP contribution is 2.27. The van der Waals surface area contributed by atoms with E-state index in [9.17, 15) is 17.6 Å². The van der Waals surface area contributed by atoms with Gasteiger partial charge in [-0.05, 0) is 51.6 Å². The van der Waals surface area contributed by atoms with Gasteiger partial charge in [-0.15, -0.1) is 0 Å². The van der Waals surface area contributed by atoms with Crippen molar-refractivity contribution < 1.29 is 22.8 Å². The Labute approximate surface area is 183 Å². The van der Waals surface area contributed by atoms with E-state index in [1.807, 2.05) is 30.0 Å². The summed E-state index contributed by atoms with van der Waals surface area (Å²) in [4.78, 5) is 15.9. The molecular formula is C22H30FN3O4S. The van der Waals surface area contributed by atoms with E-state index in [0.717, 1.165) is 11.8 Å². The maximum absolute atomic E-state index is 14.6.